The van der Waals surface area contributed by atoms with Crippen molar-refractivity contribution < 1.29 is 9.05 Å². The molecule has 7 nitrogen and oxygen atoms in total. The highest BCUT2D eigenvalue weighted by Gasteiger charge is 2.22. The number of rotatable bonds is 3. The van der Waals surface area contributed by atoms with Gasteiger partial charge in [-0.25, -0.2) is 0 Å². The Morgan fingerprint density at radius 2 is 1.93 bits per heavy atom. The molecule has 1 aliphatic rings. The lowest BCUT2D eigenvalue weighted by atomic mass is 9.95. The maximum absolute atomic E-state index is 5.47. The standard InChI is InChI=1S/C20H17N5O2.ClH/c1-12-18(15-7-8-21-10-14(15)11-22-12)19-23-20(27-25-19)16-9-17(26-24-16)13-5-3-2-4-6-13;/h2-6,9,11,21H,7-8,10H2,1H3;1H. The van der Waals surface area contributed by atoms with Crippen LogP contribution in [0.5, 0.6) is 0 Å². The highest BCUT2D eigenvalue weighted by atomic mass is 35.5. The van der Waals surface area contributed by atoms with Gasteiger partial charge in [-0.05, 0) is 31.0 Å². The molecule has 0 aliphatic carbocycles. The highest BCUT2D eigenvalue weighted by Crippen LogP contribution is 2.31. The molecule has 142 valence electrons. The normalized spacial score (nSPS) is 13.0. The van der Waals surface area contributed by atoms with Crippen molar-refractivity contribution >= 4 is 12.4 Å². The average molecular weight is 396 g/mol. The molecule has 0 amide bonds. The van der Waals surface area contributed by atoms with E-state index in [1.54, 1.807) is 0 Å². The number of hydrogen-bond acceptors (Lipinski definition) is 7. The van der Waals surface area contributed by atoms with Gasteiger partial charge < -0.3 is 14.4 Å². The van der Waals surface area contributed by atoms with Gasteiger partial charge in [0.2, 0.25) is 5.82 Å². The van der Waals surface area contributed by atoms with Gasteiger partial charge in [-0.1, -0.05) is 40.6 Å². The van der Waals surface area contributed by atoms with E-state index in [1.807, 2.05) is 49.5 Å². The zero-order chi connectivity index (χ0) is 18.2. The fourth-order valence-corrected chi connectivity index (χ4v) is 3.41. The van der Waals surface area contributed by atoms with Crippen LogP contribution in [-0.4, -0.2) is 26.8 Å². The summed E-state index contributed by atoms with van der Waals surface area (Å²) in [4.78, 5) is 9.06. The second-order valence-electron chi connectivity index (χ2n) is 6.51. The molecule has 3 aromatic heterocycles. The zero-order valence-corrected chi connectivity index (χ0v) is 16.0. The van der Waals surface area contributed by atoms with Crippen molar-refractivity contribution in [1.82, 2.24) is 25.6 Å². The van der Waals surface area contributed by atoms with Gasteiger partial charge in [0.1, 0.15) is 0 Å². The number of benzene rings is 1. The smallest absolute Gasteiger partial charge is 0.280 e. The van der Waals surface area contributed by atoms with Crippen molar-refractivity contribution in [3.8, 4) is 34.3 Å². The fourth-order valence-electron chi connectivity index (χ4n) is 3.41. The molecular formula is C20H18ClN5O2. The molecule has 1 N–H and O–H groups in total. The summed E-state index contributed by atoms with van der Waals surface area (Å²) in [5.41, 5.74) is 5.73. The number of halogens is 1. The molecule has 0 bridgehead atoms. The summed E-state index contributed by atoms with van der Waals surface area (Å²) in [6.45, 7) is 3.71. The van der Waals surface area contributed by atoms with Gasteiger partial charge in [0.05, 0.1) is 0 Å². The minimum Gasteiger partial charge on any atom is -0.355 e. The highest BCUT2D eigenvalue weighted by molar-refractivity contribution is 5.85. The first-order valence-corrected chi connectivity index (χ1v) is 8.84. The Morgan fingerprint density at radius 3 is 2.79 bits per heavy atom. The van der Waals surface area contributed by atoms with E-state index >= 15 is 0 Å². The van der Waals surface area contributed by atoms with E-state index in [2.05, 4.69) is 25.6 Å². The zero-order valence-electron chi connectivity index (χ0n) is 15.2. The SMILES string of the molecule is Cc1ncc2c(c1-c1noc(-c3cc(-c4ccccc4)on3)n1)CCNC2.Cl. The minimum atomic E-state index is 0. The Kier molecular flexibility index (Phi) is 4.93. The molecule has 1 aromatic carbocycles. The number of nitrogens with zero attached hydrogens (tertiary/aromatic N) is 4. The summed E-state index contributed by atoms with van der Waals surface area (Å²) in [7, 11) is 0. The van der Waals surface area contributed by atoms with Crippen LogP contribution in [0.4, 0.5) is 0 Å². The number of aryl methyl sites for hydroxylation is 1. The Hall–Kier alpha value is -3.03. The summed E-state index contributed by atoms with van der Waals surface area (Å²) in [5.74, 6) is 1.53. The second-order valence-corrected chi connectivity index (χ2v) is 6.51. The van der Waals surface area contributed by atoms with Crippen LogP contribution in [0.3, 0.4) is 0 Å². The molecule has 28 heavy (non-hydrogen) atoms. The topological polar surface area (TPSA) is 89.9 Å². The Bertz CT molecular complexity index is 1110. The van der Waals surface area contributed by atoms with Crippen molar-refractivity contribution in [3.63, 3.8) is 0 Å². The quantitative estimate of drug-likeness (QED) is 0.563. The van der Waals surface area contributed by atoms with Crippen LogP contribution in [-0.2, 0) is 13.0 Å². The summed E-state index contributed by atoms with van der Waals surface area (Å²) >= 11 is 0. The van der Waals surface area contributed by atoms with Gasteiger partial charge >= 0.3 is 0 Å². The molecular weight excluding hydrogens is 378 g/mol. The molecule has 0 atom stereocenters. The average Bonchev–Trinajstić information content (AvgIpc) is 3.38. The summed E-state index contributed by atoms with van der Waals surface area (Å²) in [5, 5.41) is 11.6. The van der Waals surface area contributed by atoms with Crippen LogP contribution >= 0.6 is 12.4 Å². The van der Waals surface area contributed by atoms with Crippen molar-refractivity contribution in [2.24, 2.45) is 0 Å². The Balaban J connectivity index is 0.00000192. The van der Waals surface area contributed by atoms with Crippen molar-refractivity contribution in [3.05, 3.63) is 59.4 Å². The van der Waals surface area contributed by atoms with E-state index in [1.165, 1.54) is 11.1 Å². The van der Waals surface area contributed by atoms with Crippen molar-refractivity contribution in [2.75, 3.05) is 6.54 Å². The Morgan fingerprint density at radius 1 is 1.07 bits per heavy atom. The van der Waals surface area contributed by atoms with Crippen LogP contribution in [0.2, 0.25) is 0 Å². The molecule has 0 radical (unpaired) electrons. The number of fused-ring (bicyclic) bond motifs is 1. The van der Waals surface area contributed by atoms with Gasteiger partial charge in [0.15, 0.2) is 11.5 Å². The first-order valence-electron chi connectivity index (χ1n) is 8.84. The number of hydrogen-bond donors (Lipinski definition) is 1. The molecule has 0 spiro atoms. The van der Waals surface area contributed by atoms with E-state index in [9.17, 15) is 0 Å². The van der Waals surface area contributed by atoms with Gasteiger partial charge in [0, 0.05) is 35.6 Å². The van der Waals surface area contributed by atoms with Crippen LogP contribution in [0.15, 0.2) is 51.6 Å². The maximum Gasteiger partial charge on any atom is 0.280 e. The summed E-state index contributed by atoms with van der Waals surface area (Å²) in [6.07, 6.45) is 2.84. The molecule has 4 heterocycles. The van der Waals surface area contributed by atoms with Crippen LogP contribution in [0.1, 0.15) is 16.8 Å². The molecule has 8 heteroatoms. The fraction of sp³-hybridized carbons (Fsp3) is 0.200. The lowest BCUT2D eigenvalue weighted by Crippen LogP contribution is -2.24. The van der Waals surface area contributed by atoms with Crippen LogP contribution in [0.25, 0.3) is 34.3 Å². The van der Waals surface area contributed by atoms with Crippen LogP contribution < -0.4 is 5.32 Å². The van der Waals surface area contributed by atoms with E-state index in [0.29, 0.717) is 23.2 Å². The lowest BCUT2D eigenvalue weighted by molar-refractivity contribution is 0.411. The first kappa shape index (κ1) is 18.3. The predicted molar refractivity (Wildman–Crippen MR) is 106 cm³/mol. The number of nitrogens with one attached hydrogen (secondary N) is 1. The third kappa shape index (κ3) is 3.19. The molecule has 0 fully saturated rings. The third-order valence-corrected chi connectivity index (χ3v) is 4.77. The number of aromatic nitrogens is 4. The van der Waals surface area contributed by atoms with Crippen LogP contribution in [0, 0.1) is 6.92 Å². The summed E-state index contributed by atoms with van der Waals surface area (Å²) < 4.78 is 10.9. The van der Waals surface area contributed by atoms with E-state index < -0.39 is 0 Å². The van der Waals surface area contributed by atoms with Gasteiger partial charge in [-0.2, -0.15) is 4.98 Å². The molecule has 5 rings (SSSR count). The number of pyridine rings is 1. The first-order chi connectivity index (χ1) is 13.3. The third-order valence-electron chi connectivity index (χ3n) is 4.77. The largest absolute Gasteiger partial charge is 0.355 e. The molecule has 4 aromatic rings. The summed E-state index contributed by atoms with van der Waals surface area (Å²) in [6, 6.07) is 11.6. The van der Waals surface area contributed by atoms with E-state index in [0.717, 1.165) is 36.3 Å². The Labute approximate surface area is 167 Å². The van der Waals surface area contributed by atoms with E-state index in [4.69, 9.17) is 9.05 Å². The van der Waals surface area contributed by atoms with Gasteiger partial charge in [-0.3, -0.25) is 4.98 Å². The molecule has 0 saturated heterocycles. The van der Waals surface area contributed by atoms with Gasteiger partial charge in [0.25, 0.3) is 5.89 Å². The second kappa shape index (κ2) is 7.53. The monoisotopic (exact) mass is 395 g/mol. The van der Waals surface area contributed by atoms with Crippen molar-refractivity contribution in [2.45, 2.75) is 19.9 Å². The van der Waals surface area contributed by atoms with Crippen molar-refractivity contribution in [1.29, 1.82) is 0 Å². The predicted octanol–water partition coefficient (Wildman–Crippen LogP) is 3.83. The van der Waals surface area contributed by atoms with Gasteiger partial charge in [-0.15, -0.1) is 12.4 Å². The van der Waals surface area contributed by atoms with E-state index in [-0.39, 0.29) is 12.4 Å². The molecule has 1 aliphatic heterocycles. The lowest BCUT2D eigenvalue weighted by Gasteiger charge is -2.19. The molecule has 0 saturated carbocycles. The maximum atomic E-state index is 5.47. The minimum absolute atomic E-state index is 0. The molecule has 0 unspecified atom stereocenters.